The summed E-state index contributed by atoms with van der Waals surface area (Å²) < 4.78 is 5.36. The molecule has 1 aromatic rings. The van der Waals surface area contributed by atoms with Crippen molar-refractivity contribution in [2.24, 2.45) is 0 Å². The molecule has 0 bridgehead atoms. The van der Waals surface area contributed by atoms with Crippen LogP contribution in [0.3, 0.4) is 0 Å². The van der Waals surface area contributed by atoms with Gasteiger partial charge in [0.05, 0.1) is 23.8 Å². The maximum atomic E-state index is 11.7. The highest BCUT2D eigenvalue weighted by atomic mass is 35.5. The first-order valence-corrected chi connectivity index (χ1v) is 6.09. The minimum Gasteiger partial charge on any atom is -0.378 e. The predicted octanol–water partition coefficient (Wildman–Crippen LogP) is 1.04. The van der Waals surface area contributed by atoms with E-state index in [2.05, 4.69) is 10.3 Å². The van der Waals surface area contributed by atoms with Crippen molar-refractivity contribution in [2.75, 3.05) is 40.4 Å². The summed E-state index contributed by atoms with van der Waals surface area (Å²) in [5.41, 5.74) is 0.431. The Balaban J connectivity index is 2.20. The Morgan fingerprint density at radius 2 is 2.28 bits per heavy atom. The van der Waals surface area contributed by atoms with Crippen LogP contribution in [-0.2, 0) is 4.74 Å². The first kappa shape index (κ1) is 14.9. The van der Waals surface area contributed by atoms with Crippen LogP contribution in [0.1, 0.15) is 10.4 Å². The number of carbonyl (C=O) groups is 1. The van der Waals surface area contributed by atoms with E-state index in [4.69, 9.17) is 16.3 Å². The van der Waals surface area contributed by atoms with Gasteiger partial charge in [0.25, 0.3) is 5.91 Å². The van der Waals surface area contributed by atoms with Crippen LogP contribution in [0.2, 0.25) is 5.02 Å². The summed E-state index contributed by atoms with van der Waals surface area (Å²) in [6.07, 6.45) is 2.98. The van der Waals surface area contributed by atoms with Gasteiger partial charge in [0, 0.05) is 25.5 Å². The molecule has 6 heteroatoms. The SMILES string of the molecule is CN(C)CCOCCNC(=O)c1ccncc1Cl. The summed E-state index contributed by atoms with van der Waals surface area (Å²) in [6, 6.07) is 1.59. The fraction of sp³-hybridized carbons (Fsp3) is 0.500. The molecular formula is C12H18ClN3O2. The Kier molecular flexibility index (Phi) is 6.64. The lowest BCUT2D eigenvalue weighted by Crippen LogP contribution is -2.28. The Labute approximate surface area is 112 Å². The second-order valence-electron chi connectivity index (χ2n) is 4.03. The third kappa shape index (κ3) is 5.44. The van der Waals surface area contributed by atoms with E-state index < -0.39 is 0 Å². The largest absolute Gasteiger partial charge is 0.378 e. The van der Waals surface area contributed by atoms with Gasteiger partial charge < -0.3 is 15.0 Å². The van der Waals surface area contributed by atoms with E-state index in [-0.39, 0.29) is 5.91 Å². The molecule has 5 nitrogen and oxygen atoms in total. The molecule has 0 unspecified atom stereocenters. The van der Waals surface area contributed by atoms with Gasteiger partial charge in [-0.15, -0.1) is 0 Å². The van der Waals surface area contributed by atoms with Gasteiger partial charge >= 0.3 is 0 Å². The second-order valence-corrected chi connectivity index (χ2v) is 4.43. The fourth-order valence-corrected chi connectivity index (χ4v) is 1.45. The topological polar surface area (TPSA) is 54.5 Å². The quantitative estimate of drug-likeness (QED) is 0.753. The van der Waals surface area contributed by atoms with Crippen molar-refractivity contribution >= 4 is 17.5 Å². The zero-order valence-electron chi connectivity index (χ0n) is 10.6. The van der Waals surface area contributed by atoms with Gasteiger partial charge in [-0.05, 0) is 20.2 Å². The highest BCUT2D eigenvalue weighted by molar-refractivity contribution is 6.33. The molecule has 0 aromatic carbocycles. The van der Waals surface area contributed by atoms with Crippen molar-refractivity contribution in [3.63, 3.8) is 0 Å². The molecular weight excluding hydrogens is 254 g/mol. The third-order valence-corrected chi connectivity index (χ3v) is 2.53. The molecule has 1 heterocycles. The number of ether oxygens (including phenoxy) is 1. The van der Waals surface area contributed by atoms with Crippen LogP contribution < -0.4 is 5.32 Å². The highest BCUT2D eigenvalue weighted by Crippen LogP contribution is 2.12. The van der Waals surface area contributed by atoms with E-state index in [0.717, 1.165) is 6.54 Å². The minimum absolute atomic E-state index is 0.210. The van der Waals surface area contributed by atoms with Crippen LogP contribution >= 0.6 is 11.6 Å². The number of carbonyl (C=O) groups excluding carboxylic acids is 1. The molecule has 0 atom stereocenters. The lowest BCUT2D eigenvalue weighted by Gasteiger charge is -2.10. The van der Waals surface area contributed by atoms with Crippen molar-refractivity contribution in [1.82, 2.24) is 15.2 Å². The van der Waals surface area contributed by atoms with Crippen LogP contribution in [0.4, 0.5) is 0 Å². The Bertz CT molecular complexity index is 385. The lowest BCUT2D eigenvalue weighted by atomic mass is 10.2. The fourth-order valence-electron chi connectivity index (χ4n) is 1.24. The smallest absolute Gasteiger partial charge is 0.252 e. The summed E-state index contributed by atoms with van der Waals surface area (Å²) in [7, 11) is 3.97. The number of rotatable bonds is 7. The zero-order chi connectivity index (χ0) is 13.4. The van der Waals surface area contributed by atoms with Gasteiger partial charge in [-0.3, -0.25) is 9.78 Å². The number of nitrogens with zero attached hydrogens (tertiary/aromatic N) is 2. The summed E-state index contributed by atoms with van der Waals surface area (Å²) >= 11 is 5.86. The minimum atomic E-state index is -0.210. The molecule has 0 aliphatic rings. The molecule has 0 radical (unpaired) electrons. The molecule has 1 amide bonds. The van der Waals surface area contributed by atoms with Crippen molar-refractivity contribution in [3.05, 3.63) is 29.0 Å². The Hall–Kier alpha value is -1.17. The van der Waals surface area contributed by atoms with Crippen molar-refractivity contribution in [1.29, 1.82) is 0 Å². The Morgan fingerprint density at radius 3 is 2.94 bits per heavy atom. The third-order valence-electron chi connectivity index (χ3n) is 2.23. The first-order valence-electron chi connectivity index (χ1n) is 5.71. The van der Waals surface area contributed by atoms with Crippen molar-refractivity contribution in [2.45, 2.75) is 0 Å². The maximum absolute atomic E-state index is 11.7. The van der Waals surface area contributed by atoms with E-state index >= 15 is 0 Å². The number of hydrogen-bond donors (Lipinski definition) is 1. The molecule has 1 rings (SSSR count). The van der Waals surface area contributed by atoms with Crippen LogP contribution in [0.15, 0.2) is 18.5 Å². The number of hydrogen-bond acceptors (Lipinski definition) is 4. The molecule has 1 N–H and O–H groups in total. The number of likely N-dealkylation sites (N-methyl/N-ethyl adjacent to an activating group) is 1. The summed E-state index contributed by atoms with van der Waals surface area (Å²) in [5, 5.41) is 3.09. The van der Waals surface area contributed by atoms with Crippen LogP contribution in [-0.4, -0.2) is 56.2 Å². The van der Waals surface area contributed by atoms with Crippen molar-refractivity contribution in [3.8, 4) is 0 Å². The second kappa shape index (κ2) is 8.02. The molecule has 18 heavy (non-hydrogen) atoms. The standard InChI is InChI=1S/C12H18ClN3O2/c1-16(2)6-8-18-7-5-15-12(17)10-3-4-14-9-11(10)13/h3-4,9H,5-8H2,1-2H3,(H,15,17). The molecule has 0 spiro atoms. The predicted molar refractivity (Wildman–Crippen MR) is 71.0 cm³/mol. The van der Waals surface area contributed by atoms with Gasteiger partial charge in [-0.2, -0.15) is 0 Å². The summed E-state index contributed by atoms with van der Waals surface area (Å²) in [5.74, 6) is -0.210. The highest BCUT2D eigenvalue weighted by Gasteiger charge is 2.08. The number of aromatic nitrogens is 1. The molecule has 1 aromatic heterocycles. The van der Waals surface area contributed by atoms with Gasteiger partial charge in [-0.1, -0.05) is 11.6 Å². The molecule has 0 saturated heterocycles. The summed E-state index contributed by atoms with van der Waals surface area (Å²) in [6.45, 7) is 2.47. The maximum Gasteiger partial charge on any atom is 0.252 e. The normalized spacial score (nSPS) is 10.7. The van der Waals surface area contributed by atoms with Gasteiger partial charge in [0.2, 0.25) is 0 Å². The van der Waals surface area contributed by atoms with E-state index in [0.29, 0.717) is 30.3 Å². The van der Waals surface area contributed by atoms with E-state index in [1.165, 1.54) is 12.4 Å². The van der Waals surface area contributed by atoms with E-state index in [1.54, 1.807) is 6.07 Å². The zero-order valence-corrected chi connectivity index (χ0v) is 11.4. The molecule has 0 saturated carbocycles. The average molecular weight is 272 g/mol. The molecule has 0 aliphatic carbocycles. The Morgan fingerprint density at radius 1 is 1.50 bits per heavy atom. The number of halogens is 1. The lowest BCUT2D eigenvalue weighted by molar-refractivity contribution is 0.0900. The van der Waals surface area contributed by atoms with E-state index in [9.17, 15) is 4.79 Å². The first-order chi connectivity index (χ1) is 8.61. The van der Waals surface area contributed by atoms with Crippen LogP contribution in [0.25, 0.3) is 0 Å². The molecule has 0 aliphatic heterocycles. The monoisotopic (exact) mass is 271 g/mol. The van der Waals surface area contributed by atoms with Crippen molar-refractivity contribution < 1.29 is 9.53 Å². The van der Waals surface area contributed by atoms with Gasteiger partial charge in [0.15, 0.2) is 0 Å². The molecule has 100 valence electrons. The van der Waals surface area contributed by atoms with Crippen LogP contribution in [0, 0.1) is 0 Å². The number of pyridine rings is 1. The molecule has 0 fully saturated rings. The van der Waals surface area contributed by atoms with E-state index in [1.807, 2.05) is 19.0 Å². The van der Waals surface area contributed by atoms with Gasteiger partial charge in [0.1, 0.15) is 0 Å². The number of amides is 1. The van der Waals surface area contributed by atoms with Crippen LogP contribution in [0.5, 0.6) is 0 Å². The van der Waals surface area contributed by atoms with Gasteiger partial charge in [-0.25, -0.2) is 0 Å². The number of nitrogens with one attached hydrogen (secondary N) is 1. The average Bonchev–Trinajstić information content (AvgIpc) is 2.33. The summed E-state index contributed by atoms with van der Waals surface area (Å²) in [4.78, 5) is 17.6.